The van der Waals surface area contributed by atoms with Gasteiger partial charge in [-0.15, -0.1) is 0 Å². The first-order chi connectivity index (χ1) is 16.3. The molecule has 10 heteroatoms. The molecule has 0 saturated carbocycles. The van der Waals surface area contributed by atoms with Crippen molar-refractivity contribution in [3.63, 3.8) is 0 Å². The molecule has 0 atom stereocenters. The molecule has 5 rings (SSSR count). The molecule has 0 saturated heterocycles. The van der Waals surface area contributed by atoms with Gasteiger partial charge in [0, 0.05) is 53.1 Å². The largest absolute Gasteiger partial charge is 0.433 e. The quantitative estimate of drug-likeness (QED) is 0.421. The Morgan fingerprint density at radius 1 is 0.941 bits per heavy atom. The van der Waals surface area contributed by atoms with E-state index in [0.717, 1.165) is 34.6 Å². The smallest absolute Gasteiger partial charge is 0.311 e. The van der Waals surface area contributed by atoms with Crippen LogP contribution in [0, 0.1) is 6.92 Å². The lowest BCUT2D eigenvalue weighted by Gasteiger charge is -2.10. The number of aryl methyl sites for hydroxylation is 1. The number of fused-ring (bicyclic) bond motifs is 1. The van der Waals surface area contributed by atoms with Crippen LogP contribution in [0.15, 0.2) is 72.0 Å². The number of halogens is 3. The van der Waals surface area contributed by atoms with Gasteiger partial charge in [-0.2, -0.15) is 18.3 Å². The number of aromatic nitrogens is 6. The van der Waals surface area contributed by atoms with E-state index >= 15 is 0 Å². The van der Waals surface area contributed by atoms with Crippen LogP contribution in [0.2, 0.25) is 0 Å². The number of pyridine rings is 4. The maximum atomic E-state index is 12.9. The van der Waals surface area contributed by atoms with Crippen LogP contribution in [0.1, 0.15) is 17.0 Å². The molecular weight excluding hydrogens is 445 g/mol. The van der Waals surface area contributed by atoms with Gasteiger partial charge in [-0.05, 0) is 54.4 Å². The monoisotopic (exact) mass is 462 g/mol. The molecule has 170 valence electrons. The van der Waals surface area contributed by atoms with Crippen molar-refractivity contribution in [3.05, 3.63) is 94.6 Å². The molecule has 0 spiro atoms. The van der Waals surface area contributed by atoms with Gasteiger partial charge in [0.25, 0.3) is 5.56 Å². The third-order valence-corrected chi connectivity index (χ3v) is 5.38. The van der Waals surface area contributed by atoms with Gasteiger partial charge >= 0.3 is 6.18 Å². The fraction of sp³-hybridized carbons (Fsp3) is 0.125. The average Bonchev–Trinajstić information content (AvgIpc) is 3.23. The molecule has 0 unspecified atom stereocenters. The lowest BCUT2D eigenvalue weighted by atomic mass is 10.0. The number of nitrogens with zero attached hydrogens (tertiary/aromatic N) is 5. The van der Waals surface area contributed by atoms with Crippen LogP contribution in [0.25, 0.3) is 33.4 Å². The van der Waals surface area contributed by atoms with Crippen molar-refractivity contribution in [1.29, 1.82) is 0 Å². The zero-order valence-electron chi connectivity index (χ0n) is 17.8. The van der Waals surface area contributed by atoms with Gasteiger partial charge in [0.05, 0.1) is 6.54 Å². The molecule has 0 aliphatic carbocycles. The van der Waals surface area contributed by atoms with Crippen LogP contribution in [-0.4, -0.2) is 29.7 Å². The predicted molar refractivity (Wildman–Crippen MR) is 120 cm³/mol. The first-order valence-electron chi connectivity index (χ1n) is 10.3. The van der Waals surface area contributed by atoms with E-state index in [4.69, 9.17) is 0 Å². The molecule has 7 nitrogen and oxygen atoms in total. The number of aromatic amines is 1. The van der Waals surface area contributed by atoms with E-state index in [2.05, 4.69) is 25.1 Å². The minimum Gasteiger partial charge on any atom is -0.311 e. The van der Waals surface area contributed by atoms with E-state index in [-0.39, 0.29) is 12.1 Å². The number of rotatable bonds is 4. The summed E-state index contributed by atoms with van der Waals surface area (Å²) in [6.07, 6.45) is 1.45. The first kappa shape index (κ1) is 21.5. The van der Waals surface area contributed by atoms with Crippen LogP contribution in [-0.2, 0) is 12.7 Å². The fourth-order valence-electron chi connectivity index (χ4n) is 3.72. The third kappa shape index (κ3) is 4.17. The summed E-state index contributed by atoms with van der Waals surface area (Å²) in [5.74, 6) is 0. The molecular formula is C24H17F3N6O. The van der Waals surface area contributed by atoms with E-state index in [0.29, 0.717) is 22.3 Å². The van der Waals surface area contributed by atoms with Gasteiger partial charge in [0.15, 0.2) is 5.65 Å². The fourth-order valence-corrected chi connectivity index (χ4v) is 3.72. The van der Waals surface area contributed by atoms with Crippen molar-refractivity contribution in [2.45, 2.75) is 19.6 Å². The normalized spacial score (nSPS) is 11.8. The summed E-state index contributed by atoms with van der Waals surface area (Å²) < 4.78 is 40.1. The molecule has 5 heterocycles. The van der Waals surface area contributed by atoms with Crippen molar-refractivity contribution in [3.8, 4) is 22.4 Å². The summed E-state index contributed by atoms with van der Waals surface area (Å²) >= 11 is 0. The third-order valence-electron chi connectivity index (χ3n) is 5.38. The van der Waals surface area contributed by atoms with Gasteiger partial charge in [-0.3, -0.25) is 19.9 Å². The van der Waals surface area contributed by atoms with Gasteiger partial charge < -0.3 is 4.57 Å². The van der Waals surface area contributed by atoms with Crippen LogP contribution in [0.5, 0.6) is 0 Å². The Bertz CT molecular complexity index is 1570. The summed E-state index contributed by atoms with van der Waals surface area (Å²) in [5.41, 5.74) is 3.43. The standard InChI is InChI=1S/C24H17F3N6O/c1-14-8-17(3-6-28-14)22-19-10-18(12-30-23(19)32-31-22)16-4-7-33(21(34)11-16)13-15-2-5-29-20(9-15)24(25,26)27/h2-12H,13H2,1H3,(H,30,31,32). The lowest BCUT2D eigenvalue weighted by Crippen LogP contribution is -2.19. The van der Waals surface area contributed by atoms with Crippen molar-refractivity contribution in [2.24, 2.45) is 0 Å². The Kier molecular flexibility index (Phi) is 5.20. The SMILES string of the molecule is Cc1cc(-c2n[nH]c3ncc(-c4ccn(Cc5ccnc(C(F)(F)F)c5)c(=O)c4)cc23)ccn1. The van der Waals surface area contributed by atoms with Crippen molar-refractivity contribution in [1.82, 2.24) is 29.7 Å². The zero-order valence-corrected chi connectivity index (χ0v) is 17.8. The van der Waals surface area contributed by atoms with Crippen LogP contribution >= 0.6 is 0 Å². The minimum absolute atomic E-state index is 0.00469. The Morgan fingerprint density at radius 2 is 1.76 bits per heavy atom. The second-order valence-corrected chi connectivity index (χ2v) is 7.81. The minimum atomic E-state index is -4.54. The van der Waals surface area contributed by atoms with Crippen molar-refractivity contribution in [2.75, 3.05) is 0 Å². The van der Waals surface area contributed by atoms with Gasteiger partial charge in [-0.1, -0.05) is 0 Å². The number of nitrogens with one attached hydrogen (secondary N) is 1. The molecule has 1 N–H and O–H groups in total. The molecule has 5 aromatic rings. The van der Waals surface area contributed by atoms with Crippen molar-refractivity contribution < 1.29 is 13.2 Å². The van der Waals surface area contributed by atoms with Gasteiger partial charge in [0.2, 0.25) is 0 Å². The summed E-state index contributed by atoms with van der Waals surface area (Å²) in [4.78, 5) is 24.7. The summed E-state index contributed by atoms with van der Waals surface area (Å²) in [6, 6.07) is 11.2. The second kappa shape index (κ2) is 8.22. The number of H-pyrrole nitrogens is 1. The highest BCUT2D eigenvalue weighted by molar-refractivity contribution is 5.93. The summed E-state index contributed by atoms with van der Waals surface area (Å²) in [7, 11) is 0. The molecule has 0 aliphatic rings. The predicted octanol–water partition coefficient (Wildman–Crippen LogP) is 4.62. The van der Waals surface area contributed by atoms with Crippen molar-refractivity contribution >= 4 is 11.0 Å². The maximum Gasteiger partial charge on any atom is 0.433 e. The molecule has 34 heavy (non-hydrogen) atoms. The molecule has 0 bridgehead atoms. The van der Waals surface area contributed by atoms with Crippen LogP contribution in [0.3, 0.4) is 0 Å². The van der Waals surface area contributed by atoms with E-state index in [1.165, 1.54) is 16.7 Å². The van der Waals surface area contributed by atoms with Crippen LogP contribution < -0.4 is 5.56 Å². The number of hydrogen-bond acceptors (Lipinski definition) is 5. The highest BCUT2D eigenvalue weighted by atomic mass is 19.4. The van der Waals surface area contributed by atoms with E-state index in [1.54, 1.807) is 24.7 Å². The van der Waals surface area contributed by atoms with Gasteiger partial charge in [-0.25, -0.2) is 4.98 Å². The first-order valence-corrected chi connectivity index (χ1v) is 10.3. The molecule has 0 aromatic carbocycles. The highest BCUT2D eigenvalue weighted by Crippen LogP contribution is 2.29. The number of hydrogen-bond donors (Lipinski definition) is 1. The molecule has 5 aromatic heterocycles. The van der Waals surface area contributed by atoms with E-state index in [9.17, 15) is 18.0 Å². The van der Waals surface area contributed by atoms with Crippen LogP contribution in [0.4, 0.5) is 13.2 Å². The molecule has 0 fully saturated rings. The highest BCUT2D eigenvalue weighted by Gasteiger charge is 2.32. The topological polar surface area (TPSA) is 89.4 Å². The Hall–Kier alpha value is -4.34. The molecule has 0 aliphatic heterocycles. The lowest BCUT2D eigenvalue weighted by molar-refractivity contribution is -0.141. The zero-order chi connectivity index (χ0) is 23.9. The Labute approximate surface area is 191 Å². The summed E-state index contributed by atoms with van der Waals surface area (Å²) in [6.45, 7) is 1.89. The maximum absolute atomic E-state index is 12.9. The van der Waals surface area contributed by atoms with Gasteiger partial charge in [0.1, 0.15) is 11.4 Å². The van der Waals surface area contributed by atoms with E-state index in [1.807, 2.05) is 25.1 Å². The Balaban J connectivity index is 1.47. The summed E-state index contributed by atoms with van der Waals surface area (Å²) in [5, 5.41) is 8.09. The number of alkyl halides is 3. The molecule has 0 amide bonds. The Morgan fingerprint density at radius 3 is 2.53 bits per heavy atom. The average molecular weight is 462 g/mol. The second-order valence-electron chi connectivity index (χ2n) is 7.81. The van der Waals surface area contributed by atoms with E-state index < -0.39 is 11.9 Å². The molecule has 0 radical (unpaired) electrons.